The summed E-state index contributed by atoms with van der Waals surface area (Å²) >= 11 is 0. The van der Waals surface area contributed by atoms with Crippen molar-refractivity contribution in [2.75, 3.05) is 33.9 Å². The van der Waals surface area contributed by atoms with E-state index in [1.165, 1.54) is 0 Å². The van der Waals surface area contributed by atoms with E-state index in [4.69, 9.17) is 14.6 Å². The van der Waals surface area contributed by atoms with E-state index in [1.807, 2.05) is 19.0 Å². The van der Waals surface area contributed by atoms with E-state index in [9.17, 15) is 0 Å². The lowest BCUT2D eigenvalue weighted by Gasteiger charge is -2.14. The number of hydrogen-bond donors (Lipinski definition) is 1. The van der Waals surface area contributed by atoms with Crippen molar-refractivity contribution in [3.8, 4) is 0 Å². The Hall–Kier alpha value is -0.160. The van der Waals surface area contributed by atoms with E-state index in [-0.39, 0.29) is 19.0 Å². The van der Waals surface area contributed by atoms with Crippen molar-refractivity contribution in [1.82, 2.24) is 4.90 Å². The van der Waals surface area contributed by atoms with Crippen LogP contribution in [0, 0.1) is 0 Å². The highest BCUT2D eigenvalue weighted by Gasteiger charge is 2.25. The molecule has 0 unspecified atom stereocenters. The summed E-state index contributed by atoms with van der Waals surface area (Å²) in [6, 6.07) is 0. The molecular weight excluding hydrogens is 146 g/mol. The third kappa shape index (κ3) is 2.75. The van der Waals surface area contributed by atoms with E-state index in [1.54, 1.807) is 0 Å². The van der Waals surface area contributed by atoms with Gasteiger partial charge in [0.1, 0.15) is 6.10 Å². The molecule has 0 bridgehead atoms. The van der Waals surface area contributed by atoms with Crippen LogP contribution in [0.5, 0.6) is 0 Å². The first-order valence-corrected chi connectivity index (χ1v) is 3.75. The maximum Gasteiger partial charge on any atom is 0.170 e. The van der Waals surface area contributed by atoms with Crippen LogP contribution in [0.2, 0.25) is 0 Å². The van der Waals surface area contributed by atoms with Gasteiger partial charge in [0.05, 0.1) is 13.2 Å². The van der Waals surface area contributed by atoms with Gasteiger partial charge < -0.3 is 19.5 Å². The zero-order chi connectivity index (χ0) is 8.27. The second kappa shape index (κ2) is 4.01. The molecule has 0 aromatic heterocycles. The number of ether oxygens (including phenoxy) is 2. The molecule has 4 nitrogen and oxygen atoms in total. The Balaban J connectivity index is 2.19. The molecule has 4 heteroatoms. The van der Waals surface area contributed by atoms with Gasteiger partial charge in [-0.25, -0.2) is 0 Å². The highest BCUT2D eigenvalue weighted by molar-refractivity contribution is 4.65. The van der Waals surface area contributed by atoms with Crippen molar-refractivity contribution in [2.45, 2.75) is 12.4 Å². The molecule has 11 heavy (non-hydrogen) atoms. The Morgan fingerprint density at radius 2 is 2.27 bits per heavy atom. The normalized spacial score (nSPS) is 31.6. The fourth-order valence-corrected chi connectivity index (χ4v) is 0.997. The summed E-state index contributed by atoms with van der Waals surface area (Å²) < 4.78 is 10.6. The van der Waals surface area contributed by atoms with Crippen LogP contribution in [-0.2, 0) is 9.47 Å². The molecule has 0 saturated carbocycles. The van der Waals surface area contributed by atoms with E-state index < -0.39 is 0 Å². The minimum Gasteiger partial charge on any atom is -0.394 e. The summed E-state index contributed by atoms with van der Waals surface area (Å²) in [5, 5.41) is 8.70. The second-order valence-electron chi connectivity index (χ2n) is 2.97. The predicted molar refractivity (Wildman–Crippen MR) is 40.3 cm³/mol. The molecule has 1 rings (SSSR count). The fourth-order valence-electron chi connectivity index (χ4n) is 0.997. The average molecular weight is 161 g/mol. The van der Waals surface area contributed by atoms with E-state index in [2.05, 4.69) is 0 Å². The number of likely N-dealkylation sites (N-methyl/N-ethyl adjacent to an activating group) is 1. The van der Waals surface area contributed by atoms with Gasteiger partial charge in [0, 0.05) is 6.54 Å². The van der Waals surface area contributed by atoms with Crippen molar-refractivity contribution in [3.05, 3.63) is 0 Å². The smallest absolute Gasteiger partial charge is 0.170 e. The average Bonchev–Trinajstić information content (AvgIpc) is 2.34. The highest BCUT2D eigenvalue weighted by Crippen LogP contribution is 2.10. The minimum absolute atomic E-state index is 0.0456. The third-order valence-corrected chi connectivity index (χ3v) is 1.53. The summed E-state index contributed by atoms with van der Waals surface area (Å²) in [7, 11) is 3.91. The van der Waals surface area contributed by atoms with Gasteiger partial charge in [-0.2, -0.15) is 0 Å². The Kier molecular flexibility index (Phi) is 3.26. The monoisotopic (exact) mass is 161 g/mol. The molecule has 0 aromatic carbocycles. The maximum absolute atomic E-state index is 8.70. The SMILES string of the molecule is CN(C)C[C@H]1OC[C@@H](CO)O1. The number of aliphatic hydroxyl groups excluding tert-OH is 1. The molecule has 1 aliphatic rings. The lowest BCUT2D eigenvalue weighted by molar-refractivity contribution is -0.0755. The molecule has 1 aliphatic heterocycles. The topological polar surface area (TPSA) is 41.9 Å². The summed E-state index contributed by atoms with van der Waals surface area (Å²) in [6.45, 7) is 1.30. The van der Waals surface area contributed by atoms with Crippen molar-refractivity contribution < 1.29 is 14.6 Å². The van der Waals surface area contributed by atoms with Gasteiger partial charge >= 0.3 is 0 Å². The molecule has 0 aliphatic carbocycles. The van der Waals surface area contributed by atoms with Crippen molar-refractivity contribution in [3.63, 3.8) is 0 Å². The Labute approximate surface area is 66.7 Å². The van der Waals surface area contributed by atoms with Crippen LogP contribution < -0.4 is 0 Å². The van der Waals surface area contributed by atoms with Crippen LogP contribution in [-0.4, -0.2) is 56.3 Å². The van der Waals surface area contributed by atoms with Gasteiger partial charge in [0.2, 0.25) is 0 Å². The molecule has 1 fully saturated rings. The Morgan fingerprint density at radius 3 is 2.73 bits per heavy atom. The number of nitrogens with zero attached hydrogens (tertiary/aromatic N) is 1. The van der Waals surface area contributed by atoms with Gasteiger partial charge in [0.15, 0.2) is 6.29 Å². The predicted octanol–water partition coefficient (Wildman–Crippen LogP) is -0.718. The zero-order valence-electron chi connectivity index (χ0n) is 6.99. The Morgan fingerprint density at radius 1 is 1.55 bits per heavy atom. The quantitative estimate of drug-likeness (QED) is 0.593. The molecule has 0 spiro atoms. The summed E-state index contributed by atoms with van der Waals surface area (Å²) in [5.74, 6) is 0. The van der Waals surface area contributed by atoms with Crippen LogP contribution in [0.1, 0.15) is 0 Å². The van der Waals surface area contributed by atoms with Crippen LogP contribution in [0.4, 0.5) is 0 Å². The summed E-state index contributed by atoms with van der Waals surface area (Å²) in [4.78, 5) is 1.99. The summed E-state index contributed by atoms with van der Waals surface area (Å²) in [5.41, 5.74) is 0. The van der Waals surface area contributed by atoms with Gasteiger partial charge in [-0.3, -0.25) is 0 Å². The molecule has 0 aromatic rings. The van der Waals surface area contributed by atoms with Crippen molar-refractivity contribution in [1.29, 1.82) is 0 Å². The summed E-state index contributed by atoms with van der Waals surface area (Å²) in [6.07, 6.45) is -0.290. The highest BCUT2D eigenvalue weighted by atomic mass is 16.7. The number of hydrogen-bond acceptors (Lipinski definition) is 4. The first-order chi connectivity index (χ1) is 5.22. The zero-order valence-corrected chi connectivity index (χ0v) is 6.99. The Bertz CT molecular complexity index is 118. The van der Waals surface area contributed by atoms with Gasteiger partial charge in [-0.05, 0) is 14.1 Å². The lowest BCUT2D eigenvalue weighted by Crippen LogP contribution is -2.27. The van der Waals surface area contributed by atoms with Gasteiger partial charge in [0.25, 0.3) is 0 Å². The van der Waals surface area contributed by atoms with Crippen LogP contribution in [0.15, 0.2) is 0 Å². The molecule has 1 saturated heterocycles. The number of rotatable bonds is 3. The first kappa shape index (κ1) is 8.93. The van der Waals surface area contributed by atoms with Crippen LogP contribution in [0.3, 0.4) is 0 Å². The molecule has 1 N–H and O–H groups in total. The third-order valence-electron chi connectivity index (χ3n) is 1.53. The molecule has 66 valence electrons. The van der Waals surface area contributed by atoms with Crippen LogP contribution >= 0.6 is 0 Å². The van der Waals surface area contributed by atoms with Crippen molar-refractivity contribution in [2.24, 2.45) is 0 Å². The molecule has 0 amide bonds. The van der Waals surface area contributed by atoms with Gasteiger partial charge in [-0.15, -0.1) is 0 Å². The van der Waals surface area contributed by atoms with E-state index >= 15 is 0 Å². The second-order valence-corrected chi connectivity index (χ2v) is 2.97. The van der Waals surface area contributed by atoms with E-state index in [0.29, 0.717) is 6.61 Å². The van der Waals surface area contributed by atoms with Crippen molar-refractivity contribution >= 4 is 0 Å². The van der Waals surface area contributed by atoms with Crippen LogP contribution in [0.25, 0.3) is 0 Å². The molecular formula is C7H15NO3. The number of aliphatic hydroxyl groups is 1. The van der Waals surface area contributed by atoms with Gasteiger partial charge in [-0.1, -0.05) is 0 Å². The molecule has 1 heterocycles. The lowest BCUT2D eigenvalue weighted by atomic mass is 10.4. The minimum atomic E-state index is -0.165. The molecule has 0 radical (unpaired) electrons. The maximum atomic E-state index is 8.70. The molecule has 2 atom stereocenters. The van der Waals surface area contributed by atoms with E-state index in [0.717, 1.165) is 6.54 Å². The standard InChI is InChI=1S/C7H15NO3/c1-8(2)3-7-10-5-6(4-9)11-7/h6-7,9H,3-5H2,1-2H3/t6-,7+/m1/s1. The fraction of sp³-hybridized carbons (Fsp3) is 1.00. The first-order valence-electron chi connectivity index (χ1n) is 3.75. The largest absolute Gasteiger partial charge is 0.394 e.